The molecule has 2 atom stereocenters. The summed E-state index contributed by atoms with van der Waals surface area (Å²) in [6.45, 7) is 8.25. The monoisotopic (exact) mass is 611 g/mol. The molecule has 43 heavy (non-hydrogen) atoms. The molecular formula is C31H49NO11. The van der Waals surface area contributed by atoms with E-state index < -0.39 is 36.1 Å². The average molecular weight is 612 g/mol. The van der Waals surface area contributed by atoms with Gasteiger partial charge in [-0.2, -0.15) is 0 Å². The number of methoxy groups -OCH3 is 1. The zero-order chi connectivity index (χ0) is 32.1. The van der Waals surface area contributed by atoms with Gasteiger partial charge >= 0.3 is 24.4 Å². The molecule has 2 N–H and O–H groups in total. The van der Waals surface area contributed by atoms with E-state index in [1.165, 1.54) is 19.2 Å². The number of carbonyl (C=O) groups is 4. The van der Waals surface area contributed by atoms with Crippen LogP contribution < -0.4 is 15.2 Å². The maximum absolute atomic E-state index is 12.8. The van der Waals surface area contributed by atoms with Crippen LogP contribution in [0.2, 0.25) is 0 Å². The van der Waals surface area contributed by atoms with Gasteiger partial charge in [0.2, 0.25) is 0 Å². The zero-order valence-corrected chi connectivity index (χ0v) is 26.3. The predicted octanol–water partition coefficient (Wildman–Crippen LogP) is 6.63. The van der Waals surface area contributed by atoms with E-state index in [2.05, 4.69) is 0 Å². The number of hydrogen-bond donors (Lipinski definition) is 1. The van der Waals surface area contributed by atoms with E-state index in [9.17, 15) is 19.2 Å². The molecule has 0 aliphatic heterocycles. The molecule has 244 valence electrons. The van der Waals surface area contributed by atoms with Gasteiger partial charge in [-0.3, -0.25) is 4.79 Å². The van der Waals surface area contributed by atoms with E-state index >= 15 is 0 Å². The highest BCUT2D eigenvalue weighted by Crippen LogP contribution is 2.32. The topological polar surface area (TPSA) is 159 Å². The van der Waals surface area contributed by atoms with Crippen LogP contribution in [0.1, 0.15) is 97.5 Å². The Morgan fingerprint density at radius 2 is 1.23 bits per heavy atom. The molecule has 0 aromatic heterocycles. The zero-order valence-electron chi connectivity index (χ0n) is 26.3. The summed E-state index contributed by atoms with van der Waals surface area (Å²) in [4.78, 5) is 49.5. The number of unbranched alkanes of at least 4 members (excludes halogenated alkanes) is 6. The van der Waals surface area contributed by atoms with Crippen molar-refractivity contribution in [1.29, 1.82) is 0 Å². The third-order valence-corrected chi connectivity index (χ3v) is 6.36. The number of ether oxygens (including phenoxy) is 7. The summed E-state index contributed by atoms with van der Waals surface area (Å²) in [6.07, 6.45) is 3.87. The van der Waals surface area contributed by atoms with Gasteiger partial charge in [0.15, 0.2) is 11.5 Å². The fraction of sp³-hybridized carbons (Fsp3) is 0.677. The van der Waals surface area contributed by atoms with Crippen molar-refractivity contribution in [3.8, 4) is 11.5 Å². The molecule has 0 saturated heterocycles. The van der Waals surface area contributed by atoms with Gasteiger partial charge in [-0.25, -0.2) is 14.4 Å². The summed E-state index contributed by atoms with van der Waals surface area (Å²) >= 11 is 0. The van der Waals surface area contributed by atoms with E-state index in [1.54, 1.807) is 13.0 Å². The summed E-state index contributed by atoms with van der Waals surface area (Å²) in [5, 5.41) is 0. The molecule has 0 aliphatic rings. The van der Waals surface area contributed by atoms with Gasteiger partial charge in [0.25, 0.3) is 0 Å². The summed E-state index contributed by atoms with van der Waals surface area (Å²) in [6, 6.07) is 4.36. The van der Waals surface area contributed by atoms with E-state index in [-0.39, 0.29) is 44.2 Å². The second kappa shape index (κ2) is 21.2. The molecule has 0 bridgehead atoms. The quantitative estimate of drug-likeness (QED) is 0.0726. The lowest BCUT2D eigenvalue weighted by molar-refractivity contribution is -0.148. The van der Waals surface area contributed by atoms with Gasteiger partial charge in [0.1, 0.15) is 11.6 Å². The molecule has 0 aliphatic carbocycles. The first-order valence-electron chi connectivity index (χ1n) is 15.1. The van der Waals surface area contributed by atoms with Crippen LogP contribution in [0.5, 0.6) is 11.5 Å². The van der Waals surface area contributed by atoms with Crippen molar-refractivity contribution in [2.24, 2.45) is 5.73 Å². The molecule has 0 saturated carbocycles. The lowest BCUT2D eigenvalue weighted by Gasteiger charge is -2.29. The van der Waals surface area contributed by atoms with Crippen LogP contribution >= 0.6 is 0 Å². The molecule has 0 fully saturated rings. The minimum absolute atomic E-state index is 0.0852. The van der Waals surface area contributed by atoms with Crippen LogP contribution in [-0.4, -0.2) is 63.0 Å². The first-order valence-corrected chi connectivity index (χ1v) is 15.1. The summed E-state index contributed by atoms with van der Waals surface area (Å²) in [7, 11) is 1.20. The molecule has 1 unspecified atom stereocenters. The lowest BCUT2D eigenvalue weighted by atomic mass is 9.86. The van der Waals surface area contributed by atoms with Crippen LogP contribution in [0.3, 0.4) is 0 Å². The third-order valence-electron chi connectivity index (χ3n) is 6.36. The molecule has 1 rings (SSSR count). The first-order chi connectivity index (χ1) is 20.6. The molecule has 0 heterocycles. The Labute approximate surface area is 254 Å². The summed E-state index contributed by atoms with van der Waals surface area (Å²) in [5.41, 5.74) is 5.31. The number of rotatable bonds is 20. The van der Waals surface area contributed by atoms with E-state index in [1.807, 2.05) is 20.8 Å². The Kier molecular flexibility index (Phi) is 18.5. The average Bonchev–Trinajstić information content (AvgIpc) is 2.96. The minimum Gasteiger partial charge on any atom is -0.468 e. The van der Waals surface area contributed by atoms with Gasteiger partial charge in [-0.05, 0) is 43.9 Å². The Balaban J connectivity index is 3.09. The van der Waals surface area contributed by atoms with E-state index in [4.69, 9.17) is 38.9 Å². The van der Waals surface area contributed by atoms with Crippen LogP contribution in [-0.2, 0) is 34.9 Å². The summed E-state index contributed by atoms with van der Waals surface area (Å²) < 4.78 is 36.2. The van der Waals surface area contributed by atoms with Crippen molar-refractivity contribution >= 4 is 24.4 Å². The molecule has 0 amide bonds. The van der Waals surface area contributed by atoms with Gasteiger partial charge in [0, 0.05) is 12.8 Å². The van der Waals surface area contributed by atoms with Crippen molar-refractivity contribution < 1.29 is 52.3 Å². The molecule has 0 spiro atoms. The smallest absolute Gasteiger partial charge is 0.468 e. The largest absolute Gasteiger partial charge is 0.513 e. The van der Waals surface area contributed by atoms with Gasteiger partial charge in [-0.1, -0.05) is 65.4 Å². The van der Waals surface area contributed by atoms with Crippen molar-refractivity contribution in [1.82, 2.24) is 0 Å². The predicted molar refractivity (Wildman–Crippen MR) is 158 cm³/mol. The third kappa shape index (κ3) is 15.5. The lowest BCUT2D eigenvalue weighted by Crippen LogP contribution is -2.53. The Hall–Kier alpha value is -3.54. The standard InChI is InChI=1S/C31H49NO11/c1-6-9-12-17-38-28(34)41-23(4)21-31(32,27(33)37-5)22-24-15-16-25(42-29(35)39-18-13-10-7-2)26(20-24)43-30(36)40-19-14-11-8-3/h15-16,20,23H,6-14,17-19,21-22,32H2,1-5H3/t23-,31?/m0/s1. The van der Waals surface area contributed by atoms with Gasteiger partial charge in [-0.15, -0.1) is 0 Å². The van der Waals surface area contributed by atoms with Crippen LogP contribution in [0.15, 0.2) is 18.2 Å². The van der Waals surface area contributed by atoms with Crippen LogP contribution in [0.4, 0.5) is 14.4 Å². The van der Waals surface area contributed by atoms with Crippen molar-refractivity contribution in [3.05, 3.63) is 23.8 Å². The highest BCUT2D eigenvalue weighted by atomic mass is 16.7. The van der Waals surface area contributed by atoms with E-state index in [0.717, 1.165) is 44.9 Å². The maximum atomic E-state index is 12.8. The van der Waals surface area contributed by atoms with E-state index in [0.29, 0.717) is 18.4 Å². The maximum Gasteiger partial charge on any atom is 0.513 e. The number of nitrogens with two attached hydrogens (primary N) is 1. The normalized spacial score (nSPS) is 12.8. The Morgan fingerprint density at radius 3 is 1.72 bits per heavy atom. The van der Waals surface area contributed by atoms with Gasteiger partial charge in [0.05, 0.1) is 26.9 Å². The Bertz CT molecular complexity index is 1000. The number of hydrogen-bond acceptors (Lipinski definition) is 12. The molecule has 12 nitrogen and oxygen atoms in total. The summed E-state index contributed by atoms with van der Waals surface area (Å²) in [5.74, 6) is -0.957. The molecule has 1 aromatic rings. The van der Waals surface area contributed by atoms with Crippen LogP contribution in [0, 0.1) is 0 Å². The molecule has 0 radical (unpaired) electrons. The highest BCUT2D eigenvalue weighted by Gasteiger charge is 2.38. The van der Waals surface area contributed by atoms with Gasteiger partial charge < -0.3 is 38.9 Å². The Morgan fingerprint density at radius 1 is 0.744 bits per heavy atom. The van der Waals surface area contributed by atoms with Crippen molar-refractivity contribution in [3.63, 3.8) is 0 Å². The number of esters is 1. The highest BCUT2D eigenvalue weighted by molar-refractivity contribution is 5.81. The van der Waals surface area contributed by atoms with Crippen molar-refractivity contribution in [2.45, 2.75) is 110 Å². The molecule has 1 aromatic carbocycles. The second-order valence-corrected chi connectivity index (χ2v) is 10.4. The number of carbonyl (C=O) groups excluding carboxylic acids is 4. The minimum atomic E-state index is -1.63. The SMILES string of the molecule is CCCCCOC(=O)Oc1ccc(CC(N)(C[C@H](C)OC(=O)OCCCCC)C(=O)OC)cc1OC(=O)OCCCCC. The first kappa shape index (κ1) is 37.5. The fourth-order valence-corrected chi connectivity index (χ4v) is 4.14. The van der Waals surface area contributed by atoms with Crippen LogP contribution in [0.25, 0.3) is 0 Å². The second-order valence-electron chi connectivity index (χ2n) is 10.4. The molecular weight excluding hydrogens is 562 g/mol. The molecule has 12 heteroatoms. The fourth-order valence-electron chi connectivity index (χ4n) is 4.14. The van der Waals surface area contributed by atoms with Crippen molar-refractivity contribution in [2.75, 3.05) is 26.9 Å². The number of benzene rings is 1.